The van der Waals surface area contributed by atoms with E-state index in [1.165, 1.54) is 116 Å². The molecule has 0 saturated carbocycles. The van der Waals surface area contributed by atoms with E-state index in [0.29, 0.717) is 12.8 Å². The predicted molar refractivity (Wildman–Crippen MR) is 277 cm³/mol. The minimum atomic E-state index is -1.13. The molecule has 0 radical (unpaired) electrons. The van der Waals surface area contributed by atoms with Crippen molar-refractivity contribution in [1.82, 2.24) is 0 Å². The summed E-state index contributed by atoms with van der Waals surface area (Å²) in [7, 11) is 5.40. The first-order chi connectivity index (χ1) is 32.1. The van der Waals surface area contributed by atoms with Gasteiger partial charge in [-0.05, 0) is 83.5 Å². The van der Waals surface area contributed by atoms with Gasteiger partial charge in [-0.25, -0.2) is 0 Å². The third-order valence-corrected chi connectivity index (χ3v) is 11.8. The van der Waals surface area contributed by atoms with Crippen LogP contribution in [-0.4, -0.2) is 75.5 Å². The molecule has 0 aromatic carbocycles. The molecular formula is C58H101NO7. The summed E-state index contributed by atoms with van der Waals surface area (Å²) in [5, 5.41) is 11.7. The Hall–Kier alpha value is -3.23. The van der Waals surface area contributed by atoms with Gasteiger partial charge in [0.25, 0.3) is 0 Å². The van der Waals surface area contributed by atoms with Crippen molar-refractivity contribution in [2.45, 2.75) is 238 Å². The maximum Gasteiger partial charge on any atom is 0.306 e. The number of carboxylic acids is 1. The molecule has 2 unspecified atom stereocenters. The Bertz CT molecular complexity index is 1310. The minimum absolute atomic E-state index is 0.0230. The van der Waals surface area contributed by atoms with Gasteiger partial charge in [-0.1, -0.05) is 196 Å². The average molecular weight is 924 g/mol. The van der Waals surface area contributed by atoms with Crippen LogP contribution in [0.4, 0.5) is 0 Å². The Morgan fingerprint density at radius 1 is 0.470 bits per heavy atom. The maximum absolute atomic E-state index is 12.8. The summed E-state index contributed by atoms with van der Waals surface area (Å²) in [5.74, 6) is -1.78. The Labute approximate surface area is 406 Å². The number of aliphatic carboxylic acids is 1. The summed E-state index contributed by atoms with van der Waals surface area (Å²) < 4.78 is 17.2. The number of carbonyl (C=O) groups is 3. The van der Waals surface area contributed by atoms with Crippen LogP contribution >= 0.6 is 0 Å². The van der Waals surface area contributed by atoms with Gasteiger partial charge in [0.05, 0.1) is 40.3 Å². The molecule has 0 N–H and O–H groups in total. The van der Waals surface area contributed by atoms with E-state index in [2.05, 4.69) is 86.8 Å². The largest absolute Gasteiger partial charge is 0.544 e. The van der Waals surface area contributed by atoms with Crippen LogP contribution in [0.1, 0.15) is 226 Å². The number of allylic oxidation sites excluding steroid dienone is 12. The molecule has 0 aliphatic heterocycles. The van der Waals surface area contributed by atoms with E-state index in [9.17, 15) is 19.5 Å². The summed E-state index contributed by atoms with van der Waals surface area (Å²) in [6.07, 6.45) is 62.3. The number of esters is 2. The summed E-state index contributed by atoms with van der Waals surface area (Å²) in [6.45, 7) is 4.53. The Morgan fingerprint density at radius 3 is 1.29 bits per heavy atom. The standard InChI is InChI=1S/C58H101NO7/c1-6-8-10-12-14-16-18-20-22-24-26-27-28-29-31-32-34-36-38-40-42-44-46-48-56(60)65-53-54(52-64-51-50-55(58(62)63)59(3,4)5)66-57(61)49-47-45-43-41-39-37-35-33-30-25-23-21-19-17-15-13-11-9-7-2/h9,11,15,17,21,23,29-31,33,37,39,54-55H,6-8,10,12-14,16,18-20,22,24-28,32,34-36,38,40-53H2,1-5H3/b11-9+,17-15+,23-21+,31-29+,33-30+,39-37+. The van der Waals surface area contributed by atoms with E-state index in [4.69, 9.17) is 14.2 Å². The first-order valence-corrected chi connectivity index (χ1v) is 27.0. The van der Waals surface area contributed by atoms with E-state index >= 15 is 0 Å². The minimum Gasteiger partial charge on any atom is -0.544 e. The van der Waals surface area contributed by atoms with E-state index in [1.54, 1.807) is 21.1 Å². The average Bonchev–Trinajstić information content (AvgIpc) is 3.28. The number of carboxylic acid groups (broad SMARTS) is 1. The molecule has 0 rings (SSSR count). The van der Waals surface area contributed by atoms with Crippen molar-refractivity contribution in [3.8, 4) is 0 Å². The maximum atomic E-state index is 12.8. The van der Waals surface area contributed by atoms with Crippen molar-refractivity contribution in [3.63, 3.8) is 0 Å². The monoisotopic (exact) mass is 924 g/mol. The van der Waals surface area contributed by atoms with Gasteiger partial charge in [0, 0.05) is 19.3 Å². The van der Waals surface area contributed by atoms with Gasteiger partial charge in [-0.3, -0.25) is 9.59 Å². The van der Waals surface area contributed by atoms with Gasteiger partial charge in [0.15, 0.2) is 6.10 Å². The highest BCUT2D eigenvalue weighted by Gasteiger charge is 2.25. The van der Waals surface area contributed by atoms with Crippen molar-refractivity contribution in [3.05, 3.63) is 72.9 Å². The number of quaternary nitrogens is 1. The predicted octanol–water partition coefficient (Wildman–Crippen LogP) is 14.5. The number of likely N-dealkylation sites (N-methyl/N-ethyl adjacent to an activating group) is 1. The van der Waals surface area contributed by atoms with Gasteiger partial charge in [-0.2, -0.15) is 0 Å². The summed E-state index contributed by atoms with van der Waals surface area (Å²) in [4.78, 5) is 37.1. The smallest absolute Gasteiger partial charge is 0.306 e. The third kappa shape index (κ3) is 45.9. The number of hydrogen-bond acceptors (Lipinski definition) is 7. The van der Waals surface area contributed by atoms with Crippen LogP contribution in [0, 0.1) is 0 Å². The van der Waals surface area contributed by atoms with Gasteiger partial charge in [-0.15, -0.1) is 0 Å². The molecule has 0 amide bonds. The molecule has 8 nitrogen and oxygen atoms in total. The van der Waals surface area contributed by atoms with Crippen LogP contribution in [-0.2, 0) is 28.6 Å². The number of nitrogens with zero attached hydrogens (tertiary/aromatic N) is 1. The van der Waals surface area contributed by atoms with Crippen LogP contribution in [0.15, 0.2) is 72.9 Å². The van der Waals surface area contributed by atoms with E-state index in [1.807, 2.05) is 0 Å². The highest BCUT2D eigenvalue weighted by molar-refractivity contribution is 5.70. The van der Waals surface area contributed by atoms with Crippen molar-refractivity contribution in [1.29, 1.82) is 0 Å². The zero-order valence-electron chi connectivity index (χ0n) is 43.3. The first-order valence-electron chi connectivity index (χ1n) is 27.0. The van der Waals surface area contributed by atoms with E-state index < -0.39 is 18.1 Å². The molecule has 0 bridgehead atoms. The molecule has 0 saturated heterocycles. The highest BCUT2D eigenvalue weighted by Crippen LogP contribution is 2.15. The van der Waals surface area contributed by atoms with Gasteiger partial charge < -0.3 is 28.6 Å². The molecule has 0 aromatic rings. The second kappa shape index (κ2) is 48.2. The van der Waals surface area contributed by atoms with Crippen molar-refractivity contribution in [2.75, 3.05) is 41.0 Å². The zero-order chi connectivity index (χ0) is 48.4. The lowest BCUT2D eigenvalue weighted by atomic mass is 10.0. The number of hydrogen-bond donors (Lipinski definition) is 0. The topological polar surface area (TPSA) is 102 Å². The molecule has 0 aliphatic rings. The Kier molecular flexibility index (Phi) is 45.9. The second-order valence-electron chi connectivity index (χ2n) is 19.1. The number of unbranched alkanes of at least 4 members (excludes halogenated alkanes) is 22. The molecule has 0 spiro atoms. The van der Waals surface area contributed by atoms with E-state index in [-0.39, 0.29) is 49.1 Å². The fourth-order valence-corrected chi connectivity index (χ4v) is 7.68. The molecule has 0 heterocycles. The van der Waals surface area contributed by atoms with Crippen molar-refractivity contribution >= 4 is 17.9 Å². The normalized spacial score (nSPS) is 13.4. The van der Waals surface area contributed by atoms with Crippen LogP contribution in [0.3, 0.4) is 0 Å². The molecule has 0 aliphatic carbocycles. The zero-order valence-corrected chi connectivity index (χ0v) is 43.3. The molecular weight excluding hydrogens is 823 g/mol. The van der Waals surface area contributed by atoms with Crippen molar-refractivity contribution in [2.24, 2.45) is 0 Å². The highest BCUT2D eigenvalue weighted by atomic mass is 16.6. The second-order valence-corrected chi connectivity index (χ2v) is 19.1. The summed E-state index contributed by atoms with van der Waals surface area (Å²) in [6, 6.07) is -0.737. The third-order valence-electron chi connectivity index (χ3n) is 11.8. The van der Waals surface area contributed by atoms with Crippen molar-refractivity contribution < 1.29 is 38.2 Å². The lowest BCUT2D eigenvalue weighted by Crippen LogP contribution is -2.55. The van der Waals surface area contributed by atoms with Gasteiger partial charge >= 0.3 is 11.9 Å². The fraction of sp³-hybridized carbons (Fsp3) is 0.741. The van der Waals surface area contributed by atoms with Crippen LogP contribution < -0.4 is 5.11 Å². The number of carbonyl (C=O) groups excluding carboxylic acids is 3. The first kappa shape index (κ1) is 62.8. The van der Waals surface area contributed by atoms with E-state index in [0.717, 1.165) is 70.6 Å². The molecule has 2 atom stereocenters. The summed E-state index contributed by atoms with van der Waals surface area (Å²) in [5.41, 5.74) is 0. The SMILES string of the molecule is CC/C=C/C/C=C/C/C=C/C/C=C/C/C=C/CCCCCC(=O)OC(COCCC(C(=O)[O-])[N+](C)(C)C)COC(=O)CCCCCCCCC/C=C/CCCCCCCCCCCCCC. The van der Waals surface area contributed by atoms with Crippen LogP contribution in [0.5, 0.6) is 0 Å². The molecule has 8 heteroatoms. The molecule has 0 fully saturated rings. The lowest BCUT2D eigenvalue weighted by molar-refractivity contribution is -0.889. The van der Waals surface area contributed by atoms with Gasteiger partial charge in [0.2, 0.25) is 0 Å². The Morgan fingerprint density at radius 2 is 0.848 bits per heavy atom. The number of rotatable bonds is 48. The fourth-order valence-electron chi connectivity index (χ4n) is 7.68. The quantitative estimate of drug-likeness (QED) is 0.0259. The van der Waals surface area contributed by atoms with Gasteiger partial charge in [0.1, 0.15) is 12.6 Å². The molecule has 0 aromatic heterocycles. The lowest BCUT2D eigenvalue weighted by Gasteiger charge is -2.34. The molecule has 66 heavy (non-hydrogen) atoms. The van der Waals surface area contributed by atoms with Crippen LogP contribution in [0.2, 0.25) is 0 Å². The molecule has 380 valence electrons. The number of ether oxygens (including phenoxy) is 3. The Balaban J connectivity index is 4.27. The van der Waals surface area contributed by atoms with Crippen LogP contribution in [0.25, 0.3) is 0 Å². The summed E-state index contributed by atoms with van der Waals surface area (Å²) >= 11 is 0.